The predicted molar refractivity (Wildman–Crippen MR) is 102 cm³/mol. The van der Waals surface area contributed by atoms with Crippen molar-refractivity contribution in [3.8, 4) is 28.7 Å². The second-order valence-electron chi connectivity index (χ2n) is 5.95. The van der Waals surface area contributed by atoms with Gasteiger partial charge in [-0.2, -0.15) is 4.98 Å². The monoisotopic (exact) mass is 359 g/mol. The van der Waals surface area contributed by atoms with Gasteiger partial charge in [0.05, 0.1) is 7.11 Å². The molecule has 0 aliphatic carbocycles. The zero-order valence-electron chi connectivity index (χ0n) is 14.9. The summed E-state index contributed by atoms with van der Waals surface area (Å²) in [6, 6.07) is 19.1. The van der Waals surface area contributed by atoms with Gasteiger partial charge in [0.2, 0.25) is 5.82 Å². The molecule has 0 spiro atoms. The van der Waals surface area contributed by atoms with Crippen molar-refractivity contribution >= 4 is 11.5 Å². The van der Waals surface area contributed by atoms with Gasteiger partial charge in [0.25, 0.3) is 5.89 Å². The van der Waals surface area contributed by atoms with E-state index in [-0.39, 0.29) is 0 Å². The summed E-state index contributed by atoms with van der Waals surface area (Å²) >= 11 is 0. The molecule has 2 aromatic heterocycles. The quantitative estimate of drug-likeness (QED) is 0.570. The molecule has 27 heavy (non-hydrogen) atoms. The molecule has 0 aliphatic heterocycles. The zero-order chi connectivity index (χ0) is 18.6. The van der Waals surface area contributed by atoms with Crippen LogP contribution < -0.4 is 10.1 Å². The van der Waals surface area contributed by atoms with Crippen molar-refractivity contribution in [1.29, 1.82) is 0 Å². The largest absolute Gasteiger partial charge is 0.497 e. The molecule has 0 amide bonds. The minimum atomic E-state index is 0.328. The molecule has 0 atom stereocenters. The second kappa shape index (κ2) is 7.25. The van der Waals surface area contributed by atoms with E-state index in [1.165, 1.54) is 5.56 Å². The molecule has 7 heteroatoms. The summed E-state index contributed by atoms with van der Waals surface area (Å²) in [7, 11) is 1.63. The van der Waals surface area contributed by atoms with Crippen LogP contribution in [-0.4, -0.2) is 27.4 Å². The highest BCUT2D eigenvalue weighted by Gasteiger charge is 2.12. The minimum Gasteiger partial charge on any atom is -0.497 e. The lowest BCUT2D eigenvalue weighted by molar-refractivity contribution is 0.415. The van der Waals surface area contributed by atoms with E-state index >= 15 is 0 Å². The molecule has 0 aliphatic rings. The number of hydrogen-bond donors (Lipinski definition) is 1. The third kappa shape index (κ3) is 3.77. The lowest BCUT2D eigenvalue weighted by atomic mass is 10.1. The van der Waals surface area contributed by atoms with Gasteiger partial charge in [0.15, 0.2) is 11.5 Å². The van der Waals surface area contributed by atoms with Gasteiger partial charge < -0.3 is 14.6 Å². The van der Waals surface area contributed by atoms with E-state index in [0.717, 1.165) is 17.0 Å². The first-order chi connectivity index (χ1) is 13.2. The first kappa shape index (κ1) is 16.7. The van der Waals surface area contributed by atoms with Crippen molar-refractivity contribution < 1.29 is 9.26 Å². The minimum absolute atomic E-state index is 0.328. The van der Waals surface area contributed by atoms with Crippen LogP contribution in [0, 0.1) is 6.92 Å². The van der Waals surface area contributed by atoms with Crippen molar-refractivity contribution in [2.24, 2.45) is 0 Å². The number of nitrogens with one attached hydrogen (secondary N) is 1. The van der Waals surface area contributed by atoms with Gasteiger partial charge in [-0.25, -0.2) is 0 Å². The standard InChI is InChI=1S/C20H17N5O2/c1-13-3-5-14(6-4-13)19-22-20(27-25-19)17-11-12-18(24-23-17)21-15-7-9-16(26-2)10-8-15/h3-12H,1-2H3,(H,21,24). The van der Waals surface area contributed by atoms with E-state index in [2.05, 4.69) is 25.7 Å². The van der Waals surface area contributed by atoms with Gasteiger partial charge in [-0.1, -0.05) is 35.0 Å². The molecule has 7 nitrogen and oxygen atoms in total. The number of anilines is 2. The van der Waals surface area contributed by atoms with Crippen LogP contribution >= 0.6 is 0 Å². The Bertz CT molecular complexity index is 1030. The molecule has 0 bridgehead atoms. The van der Waals surface area contributed by atoms with Crippen LogP contribution in [0.2, 0.25) is 0 Å². The SMILES string of the molecule is COc1ccc(Nc2ccc(-c3nc(-c4ccc(C)cc4)no3)nn2)cc1. The van der Waals surface area contributed by atoms with Crippen molar-refractivity contribution in [3.63, 3.8) is 0 Å². The molecule has 2 aromatic carbocycles. The van der Waals surface area contributed by atoms with E-state index in [1.54, 1.807) is 13.2 Å². The van der Waals surface area contributed by atoms with Crippen LogP contribution in [0.3, 0.4) is 0 Å². The molecular formula is C20H17N5O2. The maximum Gasteiger partial charge on any atom is 0.278 e. The molecule has 0 saturated heterocycles. The maximum atomic E-state index is 5.32. The van der Waals surface area contributed by atoms with Gasteiger partial charge in [0.1, 0.15) is 5.75 Å². The van der Waals surface area contributed by atoms with Crippen molar-refractivity contribution in [2.45, 2.75) is 6.92 Å². The Kier molecular flexibility index (Phi) is 4.49. The van der Waals surface area contributed by atoms with Crippen LogP contribution in [0.15, 0.2) is 65.2 Å². The molecular weight excluding hydrogens is 342 g/mol. The smallest absolute Gasteiger partial charge is 0.278 e. The van der Waals surface area contributed by atoms with E-state index in [0.29, 0.717) is 23.2 Å². The number of methoxy groups -OCH3 is 1. The molecule has 2 heterocycles. The van der Waals surface area contributed by atoms with Crippen molar-refractivity contribution in [1.82, 2.24) is 20.3 Å². The normalized spacial score (nSPS) is 10.6. The first-order valence-electron chi connectivity index (χ1n) is 8.37. The van der Waals surface area contributed by atoms with E-state index in [1.807, 2.05) is 61.5 Å². The Morgan fingerprint density at radius 2 is 1.67 bits per heavy atom. The lowest BCUT2D eigenvalue weighted by Gasteiger charge is -2.06. The number of ether oxygens (including phenoxy) is 1. The van der Waals surface area contributed by atoms with E-state index in [9.17, 15) is 0 Å². The summed E-state index contributed by atoms with van der Waals surface area (Å²) in [5, 5.41) is 15.5. The summed E-state index contributed by atoms with van der Waals surface area (Å²) in [5.74, 6) is 2.26. The van der Waals surface area contributed by atoms with Gasteiger partial charge >= 0.3 is 0 Å². The molecule has 4 rings (SSSR count). The third-order valence-corrected chi connectivity index (χ3v) is 3.98. The highest BCUT2D eigenvalue weighted by molar-refractivity contribution is 5.60. The molecule has 0 saturated carbocycles. The Morgan fingerprint density at radius 1 is 0.889 bits per heavy atom. The van der Waals surface area contributed by atoms with Gasteiger partial charge in [-0.15, -0.1) is 10.2 Å². The Morgan fingerprint density at radius 3 is 2.33 bits per heavy atom. The highest BCUT2D eigenvalue weighted by atomic mass is 16.5. The molecule has 0 fully saturated rings. The van der Waals surface area contributed by atoms with Crippen LogP contribution in [0.1, 0.15) is 5.56 Å². The van der Waals surface area contributed by atoms with Gasteiger partial charge in [0, 0.05) is 11.3 Å². The van der Waals surface area contributed by atoms with Crippen LogP contribution in [-0.2, 0) is 0 Å². The molecule has 134 valence electrons. The van der Waals surface area contributed by atoms with E-state index in [4.69, 9.17) is 9.26 Å². The van der Waals surface area contributed by atoms with Crippen LogP contribution in [0.25, 0.3) is 23.0 Å². The predicted octanol–water partition coefficient (Wildman–Crippen LogP) is 4.25. The number of aromatic nitrogens is 4. The summed E-state index contributed by atoms with van der Waals surface area (Å²) in [4.78, 5) is 4.40. The fraction of sp³-hybridized carbons (Fsp3) is 0.100. The Balaban J connectivity index is 1.49. The number of rotatable bonds is 5. The highest BCUT2D eigenvalue weighted by Crippen LogP contribution is 2.22. The zero-order valence-corrected chi connectivity index (χ0v) is 14.9. The molecule has 0 radical (unpaired) electrons. The number of nitrogens with zero attached hydrogens (tertiary/aromatic N) is 4. The fourth-order valence-corrected chi connectivity index (χ4v) is 2.48. The van der Waals surface area contributed by atoms with Gasteiger partial charge in [-0.3, -0.25) is 0 Å². The van der Waals surface area contributed by atoms with Crippen LogP contribution in [0.5, 0.6) is 5.75 Å². The number of aryl methyl sites for hydroxylation is 1. The summed E-state index contributed by atoms with van der Waals surface area (Å²) in [5.41, 5.74) is 3.47. The van der Waals surface area contributed by atoms with Gasteiger partial charge in [-0.05, 0) is 43.3 Å². The van der Waals surface area contributed by atoms with E-state index < -0.39 is 0 Å². The lowest BCUT2D eigenvalue weighted by Crippen LogP contribution is -1.96. The summed E-state index contributed by atoms with van der Waals surface area (Å²) in [6.45, 7) is 2.03. The van der Waals surface area contributed by atoms with Crippen molar-refractivity contribution in [2.75, 3.05) is 12.4 Å². The Hall–Kier alpha value is -3.74. The van der Waals surface area contributed by atoms with Crippen molar-refractivity contribution in [3.05, 3.63) is 66.2 Å². The number of benzene rings is 2. The molecule has 4 aromatic rings. The Labute approximate surface area is 156 Å². The summed E-state index contributed by atoms with van der Waals surface area (Å²) in [6.07, 6.45) is 0. The van der Waals surface area contributed by atoms with Crippen LogP contribution in [0.4, 0.5) is 11.5 Å². The maximum absolute atomic E-state index is 5.32. The average Bonchev–Trinajstić information content (AvgIpc) is 3.20. The molecule has 1 N–H and O–H groups in total. The average molecular weight is 359 g/mol. The fourth-order valence-electron chi connectivity index (χ4n) is 2.48. The molecule has 0 unspecified atom stereocenters. The third-order valence-electron chi connectivity index (χ3n) is 3.98. The first-order valence-corrected chi connectivity index (χ1v) is 8.37. The topological polar surface area (TPSA) is 86.0 Å². The summed E-state index contributed by atoms with van der Waals surface area (Å²) < 4.78 is 10.5. The second-order valence-corrected chi connectivity index (χ2v) is 5.95. The number of hydrogen-bond acceptors (Lipinski definition) is 7.